The zero-order valence-electron chi connectivity index (χ0n) is 19.4. The molecule has 32 heavy (non-hydrogen) atoms. The molecule has 0 saturated carbocycles. The summed E-state index contributed by atoms with van der Waals surface area (Å²) in [5, 5.41) is 3.23. The van der Waals surface area contributed by atoms with Crippen molar-refractivity contribution in [3.05, 3.63) is 32.6 Å². The van der Waals surface area contributed by atoms with Gasteiger partial charge in [-0.3, -0.25) is 23.7 Å². The van der Waals surface area contributed by atoms with Crippen LogP contribution in [0.15, 0.2) is 15.8 Å². The predicted octanol–water partition coefficient (Wildman–Crippen LogP) is 0.950. The molecule has 3 saturated heterocycles. The van der Waals surface area contributed by atoms with Gasteiger partial charge in [0.1, 0.15) is 18.4 Å². The fourth-order valence-corrected chi connectivity index (χ4v) is 7.85. The van der Waals surface area contributed by atoms with E-state index in [4.69, 9.17) is 9.47 Å². The van der Waals surface area contributed by atoms with E-state index in [2.05, 4.69) is 10.1 Å². The SMILES string of the molecule is CC(=O)O[C@H]1C[C@H](n2cc(C)c(=O)[nH]c2=O)O[C@@H]1CNP(=O)(N1CC1(C)C)N1CC1(C)C. The van der Waals surface area contributed by atoms with E-state index in [0.717, 1.165) is 13.1 Å². The molecule has 0 aliphatic carbocycles. The Labute approximate surface area is 186 Å². The molecule has 4 rings (SSSR count). The Balaban J connectivity index is 1.54. The second-order valence-corrected chi connectivity index (χ2v) is 12.5. The summed E-state index contributed by atoms with van der Waals surface area (Å²) in [6, 6.07) is 0. The highest BCUT2D eigenvalue weighted by Crippen LogP contribution is 2.67. The van der Waals surface area contributed by atoms with Crippen LogP contribution in [0.2, 0.25) is 0 Å². The van der Waals surface area contributed by atoms with Crippen molar-refractivity contribution in [1.82, 2.24) is 24.0 Å². The lowest BCUT2D eigenvalue weighted by atomic mass is 10.2. The van der Waals surface area contributed by atoms with Crippen LogP contribution >= 0.6 is 7.59 Å². The van der Waals surface area contributed by atoms with Gasteiger partial charge in [0.25, 0.3) is 13.2 Å². The van der Waals surface area contributed by atoms with Gasteiger partial charge in [-0.25, -0.2) is 19.2 Å². The number of aromatic amines is 1. The highest BCUT2D eigenvalue weighted by Gasteiger charge is 2.64. The zero-order chi connectivity index (χ0) is 23.6. The molecule has 0 radical (unpaired) electrons. The number of aromatic nitrogens is 2. The molecule has 3 aliphatic heterocycles. The van der Waals surface area contributed by atoms with E-state index >= 15 is 0 Å². The molecule has 11 nitrogen and oxygen atoms in total. The Morgan fingerprint density at radius 2 is 1.81 bits per heavy atom. The molecule has 5 atom stereocenters. The minimum absolute atomic E-state index is 0.156. The Bertz CT molecular complexity index is 1070. The van der Waals surface area contributed by atoms with Crippen LogP contribution in [-0.4, -0.2) is 67.8 Å². The fourth-order valence-electron chi connectivity index (χ4n) is 4.29. The summed E-state index contributed by atoms with van der Waals surface area (Å²) < 4.78 is 30.8. The van der Waals surface area contributed by atoms with Gasteiger partial charge in [-0.05, 0) is 34.6 Å². The normalized spacial score (nSPS) is 34.0. The number of H-pyrrole nitrogens is 1. The third kappa shape index (κ3) is 4.24. The van der Waals surface area contributed by atoms with Gasteiger partial charge < -0.3 is 9.47 Å². The number of rotatable bonds is 7. The topological polar surface area (TPSA) is 126 Å². The first-order chi connectivity index (χ1) is 14.7. The van der Waals surface area contributed by atoms with Crippen molar-refractivity contribution in [3.63, 3.8) is 0 Å². The number of esters is 1. The van der Waals surface area contributed by atoms with Crippen molar-refractivity contribution in [2.45, 2.75) is 77.5 Å². The van der Waals surface area contributed by atoms with Crippen LogP contribution < -0.4 is 16.3 Å². The maximum atomic E-state index is 14.0. The molecule has 0 amide bonds. The first kappa shape index (κ1) is 23.4. The summed E-state index contributed by atoms with van der Waals surface area (Å²) in [7, 11) is -3.03. The Morgan fingerprint density at radius 1 is 1.25 bits per heavy atom. The average molecular weight is 469 g/mol. The molecule has 12 heteroatoms. The van der Waals surface area contributed by atoms with Crippen molar-refractivity contribution < 1.29 is 18.8 Å². The van der Waals surface area contributed by atoms with Gasteiger partial charge in [0.15, 0.2) is 0 Å². The van der Waals surface area contributed by atoms with Crippen molar-refractivity contribution >= 4 is 13.6 Å². The lowest BCUT2D eigenvalue weighted by molar-refractivity contribution is -0.148. The third-order valence-electron chi connectivity index (χ3n) is 6.37. The van der Waals surface area contributed by atoms with Crippen LogP contribution in [0.5, 0.6) is 0 Å². The molecular weight excluding hydrogens is 437 g/mol. The zero-order valence-corrected chi connectivity index (χ0v) is 20.3. The van der Waals surface area contributed by atoms with Crippen molar-refractivity contribution in [2.24, 2.45) is 0 Å². The van der Waals surface area contributed by atoms with Crippen LogP contribution in [0.25, 0.3) is 0 Å². The molecule has 3 fully saturated rings. The molecule has 1 aromatic rings. The number of carbonyl (C=O) groups is 1. The predicted molar refractivity (Wildman–Crippen MR) is 117 cm³/mol. The first-order valence-corrected chi connectivity index (χ1v) is 12.4. The van der Waals surface area contributed by atoms with Gasteiger partial charge in [0.2, 0.25) is 0 Å². The maximum Gasteiger partial charge on any atom is 0.330 e. The summed E-state index contributed by atoms with van der Waals surface area (Å²) in [4.78, 5) is 38.0. The lowest BCUT2D eigenvalue weighted by Gasteiger charge is -2.28. The second kappa shape index (κ2) is 7.63. The summed E-state index contributed by atoms with van der Waals surface area (Å²) in [5.74, 6) is -0.461. The molecule has 178 valence electrons. The molecular formula is C20H32N5O6P. The quantitative estimate of drug-likeness (QED) is 0.341. The molecule has 2 N–H and O–H groups in total. The Kier molecular flexibility index (Phi) is 5.58. The number of aryl methyl sites for hydroxylation is 1. The van der Waals surface area contributed by atoms with Crippen molar-refractivity contribution in [1.29, 1.82) is 0 Å². The van der Waals surface area contributed by atoms with Crippen molar-refractivity contribution in [3.8, 4) is 0 Å². The second-order valence-electron chi connectivity index (χ2n) is 10.1. The minimum atomic E-state index is -3.03. The van der Waals surface area contributed by atoms with E-state index in [1.165, 1.54) is 17.7 Å². The number of hydrogen-bond acceptors (Lipinski definition) is 6. The molecule has 3 aliphatic rings. The summed E-state index contributed by atoms with van der Waals surface area (Å²) in [6.45, 7) is 12.7. The number of nitrogens with one attached hydrogen (secondary N) is 2. The smallest absolute Gasteiger partial charge is 0.330 e. The van der Waals surface area contributed by atoms with Crippen molar-refractivity contribution in [2.75, 3.05) is 19.6 Å². The van der Waals surface area contributed by atoms with Crippen LogP contribution in [0.1, 0.15) is 52.8 Å². The molecule has 2 unspecified atom stereocenters. The van der Waals surface area contributed by atoms with Crippen LogP contribution in [0, 0.1) is 6.92 Å². The first-order valence-electron chi connectivity index (χ1n) is 10.8. The molecule has 0 spiro atoms. The van der Waals surface area contributed by atoms with Gasteiger partial charge >= 0.3 is 11.7 Å². The summed E-state index contributed by atoms with van der Waals surface area (Å²) in [6.07, 6.45) is -0.270. The molecule has 0 bridgehead atoms. The largest absolute Gasteiger partial charge is 0.460 e. The number of ether oxygens (including phenoxy) is 2. The van der Waals surface area contributed by atoms with Gasteiger partial charge in [-0.15, -0.1) is 0 Å². The van der Waals surface area contributed by atoms with Gasteiger partial charge in [0, 0.05) is 55.8 Å². The fraction of sp³-hybridized carbons (Fsp3) is 0.750. The minimum Gasteiger partial charge on any atom is -0.460 e. The molecule has 0 aromatic carbocycles. The van der Waals surface area contributed by atoms with E-state index in [0.29, 0.717) is 5.56 Å². The van der Waals surface area contributed by atoms with Crippen LogP contribution in [-0.2, 0) is 18.8 Å². The van der Waals surface area contributed by atoms with Gasteiger partial charge in [-0.2, -0.15) is 0 Å². The van der Waals surface area contributed by atoms with E-state index in [1.54, 1.807) is 6.92 Å². The Hall–Kier alpha value is -1.78. The van der Waals surface area contributed by atoms with E-state index < -0.39 is 43.2 Å². The maximum absolute atomic E-state index is 14.0. The van der Waals surface area contributed by atoms with E-state index in [-0.39, 0.29) is 24.0 Å². The average Bonchev–Trinajstić information content (AvgIpc) is 3.46. The third-order valence-corrected chi connectivity index (χ3v) is 9.64. The number of carbonyl (C=O) groups excluding carboxylic acids is 1. The summed E-state index contributed by atoms with van der Waals surface area (Å²) >= 11 is 0. The number of nitrogens with zero attached hydrogens (tertiary/aromatic N) is 3. The monoisotopic (exact) mass is 469 g/mol. The molecule has 1 aromatic heterocycles. The lowest BCUT2D eigenvalue weighted by Crippen LogP contribution is -2.38. The van der Waals surface area contributed by atoms with Crippen LogP contribution in [0.4, 0.5) is 0 Å². The van der Waals surface area contributed by atoms with E-state index in [9.17, 15) is 18.9 Å². The highest BCUT2D eigenvalue weighted by molar-refractivity contribution is 7.57. The van der Waals surface area contributed by atoms with E-state index in [1.807, 2.05) is 37.0 Å². The standard InChI is InChI=1S/C20H32N5O6P/c1-12-9-23(18(28)22-17(12)27)16-7-14(30-13(2)26)15(31-16)8-21-32(29,24-10-19(24,3)4)25-11-20(25,5)6/h9,14-16H,7-8,10-11H2,1-6H3,(H,21,29)(H,22,27,28)/t14-,15+,16+,24?,25?,32?/m0/s1. The highest BCUT2D eigenvalue weighted by atomic mass is 31.2. The number of hydrogen-bond donors (Lipinski definition) is 2. The van der Waals surface area contributed by atoms with Gasteiger partial charge in [0.05, 0.1) is 0 Å². The van der Waals surface area contributed by atoms with Crippen LogP contribution in [0.3, 0.4) is 0 Å². The molecule has 4 heterocycles. The summed E-state index contributed by atoms with van der Waals surface area (Å²) in [5.41, 5.74) is -0.992. The van der Waals surface area contributed by atoms with Gasteiger partial charge in [-0.1, -0.05) is 0 Å². The Morgan fingerprint density at radius 3 is 2.31 bits per heavy atom.